The molecule has 0 heterocycles. The molecule has 4 nitrogen and oxygen atoms in total. The van der Waals surface area contributed by atoms with Crippen molar-refractivity contribution in [2.24, 2.45) is 0 Å². The lowest BCUT2D eigenvalue weighted by atomic mass is 10.1. The molecular formula is C26H21NO3. The van der Waals surface area contributed by atoms with Gasteiger partial charge in [0.05, 0.1) is 0 Å². The van der Waals surface area contributed by atoms with Gasteiger partial charge in [0.1, 0.15) is 11.5 Å². The lowest BCUT2D eigenvalue weighted by molar-refractivity contribution is -0.116. The van der Waals surface area contributed by atoms with Crippen LogP contribution in [0.2, 0.25) is 0 Å². The smallest absolute Gasteiger partial charge is 0.224 e. The predicted molar refractivity (Wildman–Crippen MR) is 119 cm³/mol. The second-order valence-corrected chi connectivity index (χ2v) is 6.94. The van der Waals surface area contributed by atoms with Gasteiger partial charge >= 0.3 is 0 Å². The maximum Gasteiger partial charge on any atom is 0.224 e. The van der Waals surface area contributed by atoms with E-state index in [4.69, 9.17) is 4.74 Å². The van der Waals surface area contributed by atoms with Gasteiger partial charge in [0.2, 0.25) is 5.91 Å². The molecular weight excluding hydrogens is 374 g/mol. The van der Waals surface area contributed by atoms with E-state index in [1.807, 2.05) is 72.8 Å². The van der Waals surface area contributed by atoms with Crippen LogP contribution < -0.4 is 10.1 Å². The van der Waals surface area contributed by atoms with E-state index < -0.39 is 0 Å². The third-order valence-corrected chi connectivity index (χ3v) is 4.80. The zero-order valence-corrected chi connectivity index (χ0v) is 16.4. The zero-order valence-electron chi connectivity index (χ0n) is 16.4. The van der Waals surface area contributed by atoms with Gasteiger partial charge in [-0.15, -0.1) is 0 Å². The van der Waals surface area contributed by atoms with Crippen LogP contribution >= 0.6 is 0 Å². The van der Waals surface area contributed by atoms with Crippen molar-refractivity contribution in [3.63, 3.8) is 0 Å². The summed E-state index contributed by atoms with van der Waals surface area (Å²) in [4.78, 5) is 24.8. The summed E-state index contributed by atoms with van der Waals surface area (Å²) < 4.78 is 5.74. The Kier molecular flexibility index (Phi) is 5.85. The van der Waals surface area contributed by atoms with E-state index in [0.717, 1.165) is 22.2 Å². The van der Waals surface area contributed by atoms with Crippen molar-refractivity contribution < 1.29 is 14.3 Å². The monoisotopic (exact) mass is 395 g/mol. The molecule has 0 bridgehead atoms. The number of fused-ring (bicyclic) bond motifs is 1. The highest BCUT2D eigenvalue weighted by atomic mass is 16.5. The first-order valence-corrected chi connectivity index (χ1v) is 9.83. The summed E-state index contributed by atoms with van der Waals surface area (Å²) in [5.74, 6) is 1.14. The van der Waals surface area contributed by atoms with Gasteiger partial charge in [-0.3, -0.25) is 9.59 Å². The third-order valence-electron chi connectivity index (χ3n) is 4.80. The van der Waals surface area contributed by atoms with Crippen LogP contribution in [0.1, 0.15) is 23.2 Å². The molecule has 0 atom stereocenters. The maximum atomic E-state index is 12.5. The number of ether oxygens (including phenoxy) is 1. The second-order valence-electron chi connectivity index (χ2n) is 6.94. The van der Waals surface area contributed by atoms with Crippen LogP contribution in [0.4, 0.5) is 5.69 Å². The summed E-state index contributed by atoms with van der Waals surface area (Å²) in [5, 5.41) is 4.96. The Hall–Kier alpha value is -3.92. The van der Waals surface area contributed by atoms with E-state index >= 15 is 0 Å². The molecule has 1 amide bonds. The Labute approximate surface area is 175 Å². The molecule has 0 unspecified atom stereocenters. The van der Waals surface area contributed by atoms with Gasteiger partial charge in [-0.25, -0.2) is 0 Å². The van der Waals surface area contributed by atoms with Crippen LogP contribution in [-0.2, 0) is 4.79 Å². The molecule has 0 aromatic heterocycles. The number of ketones is 1. The molecule has 1 N–H and O–H groups in total. The molecule has 4 aromatic carbocycles. The highest BCUT2D eigenvalue weighted by Gasteiger charge is 2.11. The topological polar surface area (TPSA) is 55.4 Å². The average Bonchev–Trinajstić information content (AvgIpc) is 2.79. The Bertz CT molecular complexity index is 1160. The number of hydrogen-bond donors (Lipinski definition) is 1. The number of benzene rings is 4. The van der Waals surface area contributed by atoms with E-state index in [2.05, 4.69) is 5.32 Å². The summed E-state index contributed by atoms with van der Waals surface area (Å²) >= 11 is 0. The number of carbonyl (C=O) groups excluding carboxylic acids is 2. The fourth-order valence-electron chi connectivity index (χ4n) is 3.25. The Morgan fingerprint density at radius 2 is 1.33 bits per heavy atom. The Morgan fingerprint density at radius 1 is 0.667 bits per heavy atom. The zero-order chi connectivity index (χ0) is 20.8. The number of rotatable bonds is 7. The molecule has 148 valence electrons. The molecule has 0 aliphatic carbocycles. The molecule has 0 aliphatic heterocycles. The van der Waals surface area contributed by atoms with Gasteiger partial charge in [-0.1, -0.05) is 54.6 Å². The molecule has 0 fully saturated rings. The van der Waals surface area contributed by atoms with Crippen molar-refractivity contribution in [3.05, 3.63) is 103 Å². The number of anilines is 1. The van der Waals surface area contributed by atoms with E-state index in [-0.39, 0.29) is 24.5 Å². The molecule has 0 spiro atoms. The van der Waals surface area contributed by atoms with E-state index in [9.17, 15) is 9.59 Å². The Balaban J connectivity index is 1.33. The molecule has 4 rings (SSSR count). The number of para-hydroxylation sites is 1. The van der Waals surface area contributed by atoms with Crippen LogP contribution in [-0.4, -0.2) is 11.7 Å². The van der Waals surface area contributed by atoms with Gasteiger partial charge < -0.3 is 10.1 Å². The summed E-state index contributed by atoms with van der Waals surface area (Å²) in [6.07, 6.45) is 0.278. The van der Waals surface area contributed by atoms with E-state index in [1.54, 1.807) is 24.3 Å². The minimum atomic E-state index is -0.177. The van der Waals surface area contributed by atoms with Crippen molar-refractivity contribution in [2.45, 2.75) is 12.8 Å². The average molecular weight is 395 g/mol. The van der Waals surface area contributed by atoms with Gasteiger partial charge in [-0.05, 0) is 47.9 Å². The highest BCUT2D eigenvalue weighted by molar-refractivity contribution is 6.04. The molecule has 4 heteroatoms. The van der Waals surface area contributed by atoms with Crippen LogP contribution in [0.25, 0.3) is 10.8 Å². The van der Waals surface area contributed by atoms with Gasteiger partial charge in [0.25, 0.3) is 0 Å². The predicted octanol–water partition coefficient (Wildman–Crippen LogP) is 6.23. The summed E-state index contributed by atoms with van der Waals surface area (Å²) in [7, 11) is 0. The van der Waals surface area contributed by atoms with Crippen molar-refractivity contribution in [3.8, 4) is 11.5 Å². The quantitative estimate of drug-likeness (QED) is 0.377. The molecule has 0 radical (unpaired) electrons. The fourth-order valence-corrected chi connectivity index (χ4v) is 3.25. The third kappa shape index (κ3) is 4.73. The first kappa shape index (κ1) is 19.4. The minimum Gasteiger partial charge on any atom is -0.457 e. The SMILES string of the molecule is O=C(CCC(=O)c1ccc(Oc2ccccc2)cc1)Nc1cccc2ccccc12. The second kappa shape index (κ2) is 9.05. The molecule has 0 aliphatic rings. The molecule has 0 saturated heterocycles. The molecule has 30 heavy (non-hydrogen) atoms. The summed E-state index contributed by atoms with van der Waals surface area (Å²) in [6, 6.07) is 30.1. The highest BCUT2D eigenvalue weighted by Crippen LogP contribution is 2.24. The van der Waals surface area contributed by atoms with Crippen LogP contribution in [0.15, 0.2) is 97.1 Å². The van der Waals surface area contributed by atoms with E-state index in [0.29, 0.717) is 11.3 Å². The normalized spacial score (nSPS) is 10.5. The van der Waals surface area contributed by atoms with E-state index in [1.165, 1.54) is 0 Å². The lowest BCUT2D eigenvalue weighted by Gasteiger charge is -2.09. The number of Topliss-reactive ketones (excluding diaryl/α,β-unsaturated/α-hetero) is 1. The number of amides is 1. The number of hydrogen-bond acceptors (Lipinski definition) is 3. The van der Waals surface area contributed by atoms with Crippen molar-refractivity contribution in [1.82, 2.24) is 0 Å². The van der Waals surface area contributed by atoms with Crippen molar-refractivity contribution in [1.29, 1.82) is 0 Å². The largest absolute Gasteiger partial charge is 0.457 e. The van der Waals surface area contributed by atoms with Crippen molar-refractivity contribution in [2.75, 3.05) is 5.32 Å². The number of nitrogens with one attached hydrogen (secondary N) is 1. The van der Waals surface area contributed by atoms with Gasteiger partial charge in [0.15, 0.2) is 5.78 Å². The van der Waals surface area contributed by atoms with Crippen LogP contribution in [0, 0.1) is 0 Å². The standard InChI is InChI=1S/C26H21NO3/c28-25(20-13-15-22(16-14-20)30-21-9-2-1-3-10-21)17-18-26(29)27-24-12-6-8-19-7-4-5-11-23(19)24/h1-16H,17-18H2,(H,27,29). The van der Waals surface area contributed by atoms with Gasteiger partial charge in [-0.2, -0.15) is 0 Å². The Morgan fingerprint density at radius 3 is 2.13 bits per heavy atom. The number of carbonyl (C=O) groups is 2. The molecule has 0 saturated carbocycles. The van der Waals surface area contributed by atoms with Gasteiger partial charge in [0, 0.05) is 29.5 Å². The first-order valence-electron chi connectivity index (χ1n) is 9.83. The maximum absolute atomic E-state index is 12.5. The minimum absolute atomic E-state index is 0.0747. The van der Waals surface area contributed by atoms with Crippen molar-refractivity contribution >= 4 is 28.2 Å². The van der Waals surface area contributed by atoms with Crippen LogP contribution in [0.3, 0.4) is 0 Å². The lowest BCUT2D eigenvalue weighted by Crippen LogP contribution is -2.13. The molecule has 4 aromatic rings. The van der Waals surface area contributed by atoms with Crippen LogP contribution in [0.5, 0.6) is 11.5 Å². The summed E-state index contributed by atoms with van der Waals surface area (Å²) in [5.41, 5.74) is 1.32. The fraction of sp³-hybridized carbons (Fsp3) is 0.0769. The first-order chi connectivity index (χ1) is 14.7. The summed E-state index contributed by atoms with van der Waals surface area (Å²) in [6.45, 7) is 0.